The van der Waals surface area contributed by atoms with Crippen molar-refractivity contribution in [1.29, 1.82) is 0 Å². The van der Waals surface area contributed by atoms with Crippen LogP contribution in [0.2, 0.25) is 0 Å². The monoisotopic (exact) mass is 336 g/mol. The Labute approximate surface area is 148 Å². The fraction of sp³-hybridized carbons (Fsp3) is 0.381. The van der Waals surface area contributed by atoms with E-state index in [1.165, 1.54) is 6.42 Å². The number of rotatable bonds is 5. The molecule has 2 heterocycles. The number of amides is 1. The summed E-state index contributed by atoms with van der Waals surface area (Å²) >= 11 is 0. The second-order valence-corrected chi connectivity index (χ2v) is 7.17. The van der Waals surface area contributed by atoms with Gasteiger partial charge in [0.1, 0.15) is 11.5 Å². The second-order valence-electron chi connectivity index (χ2n) is 7.17. The Morgan fingerprint density at radius 3 is 2.80 bits per heavy atom. The zero-order valence-electron chi connectivity index (χ0n) is 14.5. The first-order chi connectivity index (χ1) is 12.2. The lowest BCUT2D eigenvalue weighted by Crippen LogP contribution is -2.30. The molecule has 1 saturated heterocycles. The Morgan fingerprint density at radius 2 is 2.04 bits per heavy atom. The van der Waals surface area contributed by atoms with Gasteiger partial charge in [0.15, 0.2) is 0 Å². The minimum absolute atomic E-state index is 0.0510. The van der Waals surface area contributed by atoms with Crippen LogP contribution in [0.3, 0.4) is 0 Å². The molecule has 4 nitrogen and oxygen atoms in total. The van der Waals surface area contributed by atoms with Gasteiger partial charge in [-0.05, 0) is 49.1 Å². The van der Waals surface area contributed by atoms with Crippen LogP contribution >= 0.6 is 0 Å². The first-order valence-corrected chi connectivity index (χ1v) is 9.07. The maximum atomic E-state index is 12.4. The molecular weight excluding hydrogens is 312 g/mol. The normalized spacial score (nSPS) is 25.5. The van der Waals surface area contributed by atoms with Crippen LogP contribution in [0.15, 0.2) is 53.0 Å². The minimum atomic E-state index is 0.0510. The second kappa shape index (κ2) is 6.79. The van der Waals surface area contributed by atoms with Gasteiger partial charge in [-0.2, -0.15) is 0 Å². The van der Waals surface area contributed by atoms with Crippen LogP contribution in [0.1, 0.15) is 37.2 Å². The average molecular weight is 336 g/mol. The third kappa shape index (κ3) is 3.78. The Balaban J connectivity index is 1.30. The highest BCUT2D eigenvalue weighted by Gasteiger charge is 2.36. The summed E-state index contributed by atoms with van der Waals surface area (Å²) in [5.41, 5.74) is 1.11. The predicted molar refractivity (Wildman–Crippen MR) is 99.3 cm³/mol. The Bertz CT molecular complexity index is 765. The van der Waals surface area contributed by atoms with Gasteiger partial charge in [0.25, 0.3) is 0 Å². The van der Waals surface area contributed by atoms with E-state index in [0.29, 0.717) is 12.0 Å². The third-order valence-electron chi connectivity index (χ3n) is 5.16. The smallest absolute Gasteiger partial charge is 0.246 e. The van der Waals surface area contributed by atoms with Crippen molar-refractivity contribution in [3.05, 3.63) is 60.1 Å². The first kappa shape index (κ1) is 16.0. The molecule has 1 amide bonds. The van der Waals surface area contributed by atoms with E-state index in [-0.39, 0.29) is 5.91 Å². The summed E-state index contributed by atoms with van der Waals surface area (Å²) in [7, 11) is 0. The van der Waals surface area contributed by atoms with Gasteiger partial charge in [-0.1, -0.05) is 25.1 Å². The highest BCUT2D eigenvalue weighted by Crippen LogP contribution is 2.47. The van der Waals surface area contributed by atoms with Crippen molar-refractivity contribution in [2.45, 2.75) is 31.7 Å². The van der Waals surface area contributed by atoms with Crippen LogP contribution in [0.25, 0.3) is 6.08 Å². The van der Waals surface area contributed by atoms with E-state index < -0.39 is 0 Å². The highest BCUT2D eigenvalue weighted by atomic mass is 16.3. The summed E-state index contributed by atoms with van der Waals surface area (Å²) < 4.78 is 5.82. The molecule has 2 aromatic rings. The van der Waals surface area contributed by atoms with Gasteiger partial charge in [-0.15, -0.1) is 0 Å². The molecule has 4 heteroatoms. The molecule has 2 fully saturated rings. The topological polar surface area (TPSA) is 45.5 Å². The number of anilines is 1. The number of para-hydroxylation sites is 1. The van der Waals surface area contributed by atoms with Crippen LogP contribution in [-0.2, 0) is 4.79 Å². The van der Waals surface area contributed by atoms with Gasteiger partial charge in [0, 0.05) is 36.8 Å². The van der Waals surface area contributed by atoms with Crippen molar-refractivity contribution in [2.24, 2.45) is 5.92 Å². The molecule has 1 saturated carbocycles. The van der Waals surface area contributed by atoms with E-state index in [0.717, 1.165) is 42.6 Å². The summed E-state index contributed by atoms with van der Waals surface area (Å²) in [5, 5.41) is 3.49. The Kier molecular flexibility index (Phi) is 4.35. The zero-order chi connectivity index (χ0) is 17.2. The van der Waals surface area contributed by atoms with Crippen molar-refractivity contribution in [3.8, 4) is 0 Å². The van der Waals surface area contributed by atoms with E-state index in [1.807, 2.05) is 35.2 Å². The van der Waals surface area contributed by atoms with E-state index >= 15 is 0 Å². The number of hydrogen-bond donors (Lipinski definition) is 1. The number of nitrogens with one attached hydrogen (secondary N) is 1. The van der Waals surface area contributed by atoms with Crippen molar-refractivity contribution in [2.75, 3.05) is 18.4 Å². The van der Waals surface area contributed by atoms with Crippen LogP contribution in [0.4, 0.5) is 5.69 Å². The van der Waals surface area contributed by atoms with E-state index in [9.17, 15) is 4.79 Å². The minimum Gasteiger partial charge on any atom is -0.461 e. The Morgan fingerprint density at radius 1 is 1.24 bits per heavy atom. The molecule has 0 spiro atoms. The van der Waals surface area contributed by atoms with Crippen LogP contribution in [0.5, 0.6) is 0 Å². The molecule has 2 aliphatic rings. The van der Waals surface area contributed by atoms with Gasteiger partial charge < -0.3 is 14.6 Å². The number of carbonyl (C=O) groups is 1. The molecule has 1 aromatic carbocycles. The highest BCUT2D eigenvalue weighted by molar-refractivity contribution is 5.91. The van der Waals surface area contributed by atoms with Crippen molar-refractivity contribution in [3.63, 3.8) is 0 Å². The lowest BCUT2D eigenvalue weighted by molar-refractivity contribution is -0.124. The molecule has 0 bridgehead atoms. The van der Waals surface area contributed by atoms with Gasteiger partial charge in [0.05, 0.1) is 0 Å². The number of likely N-dealkylation sites (tertiary alicyclic amines) is 1. The molecule has 1 aliphatic carbocycles. The quantitative estimate of drug-likeness (QED) is 0.835. The number of carbonyl (C=O) groups excluding carboxylic acids is 1. The maximum Gasteiger partial charge on any atom is 0.246 e. The SMILES string of the molecule is CC1CC1c1ccc(/C=C/C(=O)N2CCC(Nc3ccccc3)C2)o1. The van der Waals surface area contributed by atoms with Crippen LogP contribution < -0.4 is 5.32 Å². The number of hydrogen-bond acceptors (Lipinski definition) is 3. The average Bonchev–Trinajstić information content (AvgIpc) is 3.04. The summed E-state index contributed by atoms with van der Waals surface area (Å²) in [6.07, 6.45) is 5.60. The lowest BCUT2D eigenvalue weighted by atomic mass is 10.2. The molecule has 25 heavy (non-hydrogen) atoms. The first-order valence-electron chi connectivity index (χ1n) is 9.07. The third-order valence-corrected chi connectivity index (χ3v) is 5.16. The Hall–Kier alpha value is -2.49. The predicted octanol–water partition coefficient (Wildman–Crippen LogP) is 4.13. The summed E-state index contributed by atoms with van der Waals surface area (Å²) in [6, 6.07) is 14.4. The molecule has 4 rings (SSSR count). The standard InChI is InChI=1S/C21H24N2O2/c1-15-13-19(15)20-9-7-18(25-20)8-10-21(24)23-12-11-17(14-23)22-16-5-3-2-4-6-16/h2-10,15,17,19,22H,11-14H2,1H3/b10-8+. The van der Waals surface area contributed by atoms with E-state index in [2.05, 4.69) is 24.4 Å². The van der Waals surface area contributed by atoms with E-state index in [1.54, 1.807) is 12.2 Å². The number of benzene rings is 1. The summed E-state index contributed by atoms with van der Waals surface area (Å²) in [4.78, 5) is 14.3. The summed E-state index contributed by atoms with van der Waals surface area (Å²) in [6.45, 7) is 3.76. The van der Waals surface area contributed by atoms with Gasteiger partial charge in [0.2, 0.25) is 5.91 Å². The number of nitrogens with zero attached hydrogens (tertiary/aromatic N) is 1. The fourth-order valence-corrected chi connectivity index (χ4v) is 3.48. The van der Waals surface area contributed by atoms with Gasteiger partial charge in [-0.3, -0.25) is 4.79 Å². The summed E-state index contributed by atoms with van der Waals surface area (Å²) in [5.74, 6) is 3.16. The molecule has 1 aliphatic heterocycles. The molecule has 1 N–H and O–H groups in total. The fourth-order valence-electron chi connectivity index (χ4n) is 3.48. The van der Waals surface area contributed by atoms with Gasteiger partial charge >= 0.3 is 0 Å². The van der Waals surface area contributed by atoms with Crippen molar-refractivity contribution < 1.29 is 9.21 Å². The largest absolute Gasteiger partial charge is 0.461 e. The molecule has 1 aromatic heterocycles. The van der Waals surface area contributed by atoms with Crippen LogP contribution in [0, 0.1) is 5.92 Å². The van der Waals surface area contributed by atoms with Crippen LogP contribution in [-0.4, -0.2) is 29.9 Å². The number of furan rings is 1. The maximum absolute atomic E-state index is 12.4. The molecule has 0 radical (unpaired) electrons. The zero-order valence-corrected chi connectivity index (χ0v) is 14.5. The molecule has 3 atom stereocenters. The van der Waals surface area contributed by atoms with E-state index in [4.69, 9.17) is 4.42 Å². The van der Waals surface area contributed by atoms with Crippen molar-refractivity contribution >= 4 is 17.7 Å². The molecular formula is C21H24N2O2. The van der Waals surface area contributed by atoms with Crippen molar-refractivity contribution in [1.82, 2.24) is 4.90 Å². The lowest BCUT2D eigenvalue weighted by Gasteiger charge is -2.16. The molecule has 130 valence electrons. The molecule has 3 unspecified atom stereocenters. The van der Waals surface area contributed by atoms with Gasteiger partial charge in [-0.25, -0.2) is 0 Å².